The monoisotopic (exact) mass is 410 g/mol. The Balaban J connectivity index is 1.35. The van der Waals surface area contributed by atoms with Gasteiger partial charge in [-0.3, -0.25) is 0 Å². The molecule has 2 aliphatic heterocycles. The lowest BCUT2D eigenvalue weighted by molar-refractivity contribution is 0.0971. The molecule has 0 aromatic heterocycles. The minimum absolute atomic E-state index is 0.0935. The highest BCUT2D eigenvalue weighted by Gasteiger charge is 2.26. The molecule has 2 atom stereocenters. The van der Waals surface area contributed by atoms with Crippen molar-refractivity contribution in [1.29, 1.82) is 0 Å². The van der Waals surface area contributed by atoms with Gasteiger partial charge in [-0.1, -0.05) is 24.3 Å². The Morgan fingerprint density at radius 2 is 1.97 bits per heavy atom. The molecule has 160 valence electrons. The first kappa shape index (κ1) is 20.2. The summed E-state index contributed by atoms with van der Waals surface area (Å²) < 4.78 is 17.3. The third-order valence-corrected chi connectivity index (χ3v) is 5.32. The summed E-state index contributed by atoms with van der Waals surface area (Å²) in [5.74, 6) is 3.30. The van der Waals surface area contributed by atoms with Gasteiger partial charge >= 0.3 is 0 Å². The number of guanidine groups is 1. The van der Waals surface area contributed by atoms with Crippen molar-refractivity contribution in [2.45, 2.75) is 25.5 Å². The molecule has 30 heavy (non-hydrogen) atoms. The molecule has 2 aliphatic rings. The zero-order valence-electron chi connectivity index (χ0n) is 17.6. The van der Waals surface area contributed by atoms with E-state index in [9.17, 15) is 0 Å². The van der Waals surface area contributed by atoms with Gasteiger partial charge < -0.3 is 29.7 Å². The number of ether oxygens (including phenoxy) is 3. The SMILES string of the molecule is CCNC(=NCC1COc2ccccc2O1)NC1CCN(c2ccccc2OC)C1. The van der Waals surface area contributed by atoms with Crippen molar-refractivity contribution in [3.05, 3.63) is 48.5 Å². The Morgan fingerprint density at radius 1 is 1.17 bits per heavy atom. The number of anilines is 1. The highest BCUT2D eigenvalue weighted by atomic mass is 16.6. The van der Waals surface area contributed by atoms with Crippen LogP contribution in [0, 0.1) is 0 Å². The highest BCUT2D eigenvalue weighted by Crippen LogP contribution is 2.31. The van der Waals surface area contributed by atoms with Gasteiger partial charge in [0.2, 0.25) is 0 Å². The normalized spacial score (nSPS) is 20.7. The van der Waals surface area contributed by atoms with Gasteiger partial charge in [0.05, 0.1) is 19.3 Å². The van der Waals surface area contributed by atoms with Crippen LogP contribution in [-0.4, -0.2) is 58.0 Å². The van der Waals surface area contributed by atoms with Crippen LogP contribution in [0.2, 0.25) is 0 Å². The predicted octanol–water partition coefficient (Wildman–Crippen LogP) is 2.67. The second kappa shape index (κ2) is 9.61. The molecule has 7 heteroatoms. The van der Waals surface area contributed by atoms with E-state index in [0.29, 0.717) is 19.2 Å². The fourth-order valence-electron chi connectivity index (χ4n) is 3.85. The largest absolute Gasteiger partial charge is 0.495 e. The van der Waals surface area contributed by atoms with Crippen LogP contribution in [0.5, 0.6) is 17.2 Å². The van der Waals surface area contributed by atoms with E-state index >= 15 is 0 Å². The molecule has 2 aromatic carbocycles. The van der Waals surface area contributed by atoms with Crippen LogP contribution in [0.3, 0.4) is 0 Å². The van der Waals surface area contributed by atoms with Crippen molar-refractivity contribution in [2.75, 3.05) is 44.8 Å². The molecule has 4 rings (SSSR count). The van der Waals surface area contributed by atoms with Crippen LogP contribution >= 0.6 is 0 Å². The maximum Gasteiger partial charge on any atom is 0.191 e. The maximum atomic E-state index is 6.02. The summed E-state index contributed by atoms with van der Waals surface area (Å²) in [5, 5.41) is 6.92. The number of fused-ring (bicyclic) bond motifs is 1. The van der Waals surface area contributed by atoms with Gasteiger partial charge in [0.15, 0.2) is 23.6 Å². The smallest absolute Gasteiger partial charge is 0.191 e. The van der Waals surface area contributed by atoms with Gasteiger partial charge in [-0.25, -0.2) is 4.99 Å². The number of rotatable bonds is 6. The lowest BCUT2D eigenvalue weighted by Gasteiger charge is -2.26. The topological polar surface area (TPSA) is 67.4 Å². The fourth-order valence-corrected chi connectivity index (χ4v) is 3.85. The predicted molar refractivity (Wildman–Crippen MR) is 119 cm³/mol. The minimum atomic E-state index is -0.0935. The zero-order valence-corrected chi connectivity index (χ0v) is 17.6. The van der Waals surface area contributed by atoms with E-state index in [1.165, 1.54) is 0 Å². The second-order valence-corrected chi connectivity index (χ2v) is 7.47. The highest BCUT2D eigenvalue weighted by molar-refractivity contribution is 5.80. The number of hydrogen-bond acceptors (Lipinski definition) is 5. The van der Waals surface area contributed by atoms with Crippen LogP contribution in [0.4, 0.5) is 5.69 Å². The average molecular weight is 411 g/mol. The van der Waals surface area contributed by atoms with Gasteiger partial charge in [0, 0.05) is 25.7 Å². The molecule has 0 saturated carbocycles. The Kier molecular flexibility index (Phi) is 6.47. The Labute approximate surface area is 178 Å². The van der Waals surface area contributed by atoms with Crippen LogP contribution < -0.4 is 29.7 Å². The van der Waals surface area contributed by atoms with Crippen LogP contribution in [0.25, 0.3) is 0 Å². The molecule has 0 aliphatic carbocycles. The van der Waals surface area contributed by atoms with Crippen molar-refractivity contribution in [3.8, 4) is 17.2 Å². The molecule has 2 unspecified atom stereocenters. The zero-order chi connectivity index (χ0) is 20.8. The lowest BCUT2D eigenvalue weighted by atomic mass is 10.2. The standard InChI is InChI=1S/C23H30N4O3/c1-3-24-23(25-14-18-16-29-21-10-6-7-11-22(21)30-18)26-17-12-13-27(15-17)19-8-4-5-9-20(19)28-2/h4-11,17-18H,3,12-16H2,1-2H3,(H2,24,25,26). The van der Waals surface area contributed by atoms with E-state index in [1.54, 1.807) is 7.11 Å². The first-order valence-corrected chi connectivity index (χ1v) is 10.6. The minimum Gasteiger partial charge on any atom is -0.495 e. The molecule has 2 aromatic rings. The lowest BCUT2D eigenvalue weighted by Crippen LogP contribution is -2.45. The molecule has 1 fully saturated rings. The number of aliphatic imine (C=N–C) groups is 1. The molecular weight excluding hydrogens is 380 g/mol. The van der Waals surface area contributed by atoms with Crippen molar-refractivity contribution >= 4 is 11.6 Å². The Morgan fingerprint density at radius 3 is 2.80 bits per heavy atom. The Hall–Kier alpha value is -3.09. The average Bonchev–Trinajstić information content (AvgIpc) is 3.25. The number of nitrogens with zero attached hydrogens (tertiary/aromatic N) is 2. The molecule has 2 heterocycles. The number of methoxy groups -OCH3 is 1. The third kappa shape index (κ3) is 4.72. The number of benzene rings is 2. The molecular formula is C23H30N4O3. The van der Waals surface area contributed by atoms with E-state index in [2.05, 4.69) is 34.6 Å². The quantitative estimate of drug-likeness (QED) is 0.564. The van der Waals surface area contributed by atoms with E-state index in [4.69, 9.17) is 19.2 Å². The molecule has 1 saturated heterocycles. The van der Waals surface area contributed by atoms with Crippen molar-refractivity contribution in [2.24, 2.45) is 4.99 Å². The summed E-state index contributed by atoms with van der Waals surface area (Å²) >= 11 is 0. The molecule has 0 amide bonds. The first-order chi connectivity index (χ1) is 14.8. The van der Waals surface area contributed by atoms with Crippen molar-refractivity contribution < 1.29 is 14.2 Å². The van der Waals surface area contributed by atoms with Gasteiger partial charge in [-0.15, -0.1) is 0 Å². The number of hydrogen-bond donors (Lipinski definition) is 2. The maximum absolute atomic E-state index is 6.02. The summed E-state index contributed by atoms with van der Waals surface area (Å²) in [6, 6.07) is 16.2. The summed E-state index contributed by atoms with van der Waals surface area (Å²) in [7, 11) is 1.72. The van der Waals surface area contributed by atoms with Crippen molar-refractivity contribution in [1.82, 2.24) is 10.6 Å². The van der Waals surface area contributed by atoms with Gasteiger partial charge in [-0.2, -0.15) is 0 Å². The van der Waals surface area contributed by atoms with Crippen LogP contribution in [0.15, 0.2) is 53.5 Å². The summed E-state index contributed by atoms with van der Waals surface area (Å²) in [4.78, 5) is 7.11. The molecule has 7 nitrogen and oxygen atoms in total. The van der Waals surface area contributed by atoms with E-state index < -0.39 is 0 Å². The Bertz CT molecular complexity index is 873. The van der Waals surface area contributed by atoms with Gasteiger partial charge in [-0.05, 0) is 37.6 Å². The van der Waals surface area contributed by atoms with Crippen molar-refractivity contribution in [3.63, 3.8) is 0 Å². The molecule has 0 radical (unpaired) electrons. The summed E-state index contributed by atoms with van der Waals surface area (Å²) in [5.41, 5.74) is 1.14. The van der Waals surface area contributed by atoms with Crippen LogP contribution in [-0.2, 0) is 0 Å². The molecule has 2 N–H and O–H groups in total. The number of para-hydroxylation sites is 4. The summed E-state index contributed by atoms with van der Waals surface area (Å²) in [6.45, 7) is 5.80. The van der Waals surface area contributed by atoms with Crippen LogP contribution in [0.1, 0.15) is 13.3 Å². The van der Waals surface area contributed by atoms with E-state index in [-0.39, 0.29) is 6.10 Å². The van der Waals surface area contributed by atoms with Gasteiger partial charge in [0.1, 0.15) is 12.4 Å². The van der Waals surface area contributed by atoms with E-state index in [1.807, 2.05) is 36.4 Å². The summed E-state index contributed by atoms with van der Waals surface area (Å²) in [6.07, 6.45) is 0.947. The third-order valence-electron chi connectivity index (χ3n) is 5.32. The first-order valence-electron chi connectivity index (χ1n) is 10.6. The second-order valence-electron chi connectivity index (χ2n) is 7.47. The van der Waals surface area contributed by atoms with Gasteiger partial charge in [0.25, 0.3) is 0 Å². The molecule has 0 spiro atoms. The molecule has 0 bridgehead atoms. The fraction of sp³-hybridized carbons (Fsp3) is 0.435. The van der Waals surface area contributed by atoms with E-state index in [0.717, 1.165) is 55.0 Å². The number of nitrogens with one attached hydrogen (secondary N) is 2.